The van der Waals surface area contributed by atoms with Gasteiger partial charge in [-0.1, -0.05) is 18.2 Å². The van der Waals surface area contributed by atoms with E-state index in [1.165, 1.54) is 11.8 Å². The number of carbonyl (C=O) groups is 6. The summed E-state index contributed by atoms with van der Waals surface area (Å²) < 4.78 is 0. The summed E-state index contributed by atoms with van der Waals surface area (Å²) in [5.74, 6) is -5.44. The first-order valence-electron chi connectivity index (χ1n) is 12.4. The minimum absolute atomic E-state index is 0.0362. The fourth-order valence-electron chi connectivity index (χ4n) is 3.88. The summed E-state index contributed by atoms with van der Waals surface area (Å²) in [4.78, 5) is 76.1. The molecule has 218 valence electrons. The van der Waals surface area contributed by atoms with Crippen LogP contribution in [0.4, 0.5) is 0 Å². The van der Waals surface area contributed by atoms with Crippen LogP contribution in [0.5, 0.6) is 0 Å². The fraction of sp³-hybridized carbons (Fsp3) is 0.440. The van der Waals surface area contributed by atoms with E-state index in [2.05, 4.69) is 20.9 Å². The number of thioether (sulfide) groups is 1. The van der Waals surface area contributed by atoms with E-state index in [1.807, 2.05) is 18.2 Å². The average molecular weight is 579 g/mol. The van der Waals surface area contributed by atoms with Crippen molar-refractivity contribution in [2.24, 2.45) is 11.5 Å². The van der Waals surface area contributed by atoms with E-state index in [4.69, 9.17) is 16.6 Å². The summed E-state index contributed by atoms with van der Waals surface area (Å²) in [7, 11) is 0. The van der Waals surface area contributed by atoms with Crippen molar-refractivity contribution in [2.75, 3.05) is 12.0 Å². The van der Waals surface area contributed by atoms with E-state index < -0.39 is 66.2 Å². The van der Waals surface area contributed by atoms with Gasteiger partial charge in [0, 0.05) is 29.9 Å². The molecule has 0 aliphatic carbocycles. The van der Waals surface area contributed by atoms with E-state index in [-0.39, 0.29) is 25.7 Å². The van der Waals surface area contributed by atoms with Gasteiger partial charge in [0.1, 0.15) is 18.1 Å². The van der Waals surface area contributed by atoms with Gasteiger partial charge in [0.05, 0.1) is 12.5 Å². The van der Waals surface area contributed by atoms with Crippen molar-refractivity contribution in [3.63, 3.8) is 0 Å². The van der Waals surface area contributed by atoms with Crippen LogP contribution in [0.15, 0.2) is 30.5 Å². The minimum Gasteiger partial charge on any atom is -0.481 e. The molecule has 40 heavy (non-hydrogen) atoms. The molecular weight excluding hydrogens is 544 g/mol. The number of aliphatic carboxylic acids is 2. The molecule has 10 N–H and O–H groups in total. The Morgan fingerprint density at radius 2 is 1.55 bits per heavy atom. The third kappa shape index (κ3) is 9.89. The van der Waals surface area contributed by atoms with Crippen LogP contribution in [0, 0.1) is 0 Å². The summed E-state index contributed by atoms with van der Waals surface area (Å²) in [6, 6.07) is 1.92. The molecular formula is C25H34N6O8S. The third-order valence-electron chi connectivity index (χ3n) is 6.00. The highest BCUT2D eigenvalue weighted by Gasteiger charge is 2.31. The lowest BCUT2D eigenvalue weighted by Gasteiger charge is -2.25. The average Bonchev–Trinajstić information content (AvgIpc) is 3.30. The first-order chi connectivity index (χ1) is 18.9. The molecule has 4 amide bonds. The van der Waals surface area contributed by atoms with Crippen LogP contribution in [-0.4, -0.2) is 86.9 Å². The van der Waals surface area contributed by atoms with Gasteiger partial charge in [-0.3, -0.25) is 24.0 Å². The first kappa shape index (κ1) is 32.1. The second-order valence-corrected chi connectivity index (χ2v) is 10.1. The van der Waals surface area contributed by atoms with Crippen LogP contribution in [-0.2, 0) is 35.2 Å². The van der Waals surface area contributed by atoms with Crippen LogP contribution in [0.1, 0.15) is 31.2 Å². The number of carboxylic acid groups (broad SMARTS) is 2. The Balaban J connectivity index is 2.32. The zero-order valence-electron chi connectivity index (χ0n) is 21.8. The zero-order chi connectivity index (χ0) is 29.8. The Morgan fingerprint density at radius 3 is 2.17 bits per heavy atom. The lowest BCUT2D eigenvalue weighted by atomic mass is 10.0. The van der Waals surface area contributed by atoms with E-state index in [0.29, 0.717) is 11.3 Å². The Bertz CT molecular complexity index is 1230. The summed E-state index contributed by atoms with van der Waals surface area (Å²) >= 11 is 1.41. The molecule has 0 bridgehead atoms. The van der Waals surface area contributed by atoms with Crippen molar-refractivity contribution >= 4 is 58.2 Å². The number of fused-ring (bicyclic) bond motifs is 1. The Labute approximate surface area is 234 Å². The maximum absolute atomic E-state index is 13.3. The minimum atomic E-state index is -1.47. The number of amides is 4. The summed E-state index contributed by atoms with van der Waals surface area (Å²) in [6.07, 6.45) is 2.32. The van der Waals surface area contributed by atoms with Gasteiger partial charge in [-0.25, -0.2) is 4.79 Å². The molecule has 1 aromatic heterocycles. The van der Waals surface area contributed by atoms with Crippen molar-refractivity contribution in [1.82, 2.24) is 20.9 Å². The van der Waals surface area contributed by atoms with Crippen LogP contribution >= 0.6 is 11.8 Å². The molecule has 2 rings (SSSR count). The van der Waals surface area contributed by atoms with Gasteiger partial charge >= 0.3 is 11.9 Å². The topological polar surface area (TPSA) is 247 Å². The van der Waals surface area contributed by atoms with Gasteiger partial charge in [-0.15, -0.1) is 0 Å². The van der Waals surface area contributed by atoms with Gasteiger partial charge in [-0.2, -0.15) is 11.8 Å². The number of nitrogens with one attached hydrogen (secondary N) is 4. The molecule has 4 unspecified atom stereocenters. The van der Waals surface area contributed by atoms with Crippen molar-refractivity contribution in [3.05, 3.63) is 36.0 Å². The molecule has 0 aliphatic heterocycles. The van der Waals surface area contributed by atoms with Crippen molar-refractivity contribution in [1.29, 1.82) is 0 Å². The van der Waals surface area contributed by atoms with Crippen LogP contribution < -0.4 is 27.4 Å². The number of hydrogen-bond donors (Lipinski definition) is 8. The lowest BCUT2D eigenvalue weighted by molar-refractivity contribution is -0.142. The molecule has 0 spiro atoms. The van der Waals surface area contributed by atoms with Crippen molar-refractivity contribution < 1.29 is 39.0 Å². The predicted octanol–water partition coefficient (Wildman–Crippen LogP) is -0.930. The highest BCUT2D eigenvalue weighted by Crippen LogP contribution is 2.19. The molecule has 0 saturated carbocycles. The normalized spacial score (nSPS) is 13.9. The standard InChI is InChI=1S/C25H34N6O8S/c1-40-9-8-18(25(38)39)30-24(37)19(10-13-12-28-16-5-3-2-4-14(13)16)31-23(36)17(6-7-20(27)32)29-22(35)15(26)11-21(33)34/h2-5,12,15,17-19,28H,6-11,26H2,1H3,(H2,27,32)(H,29,35)(H,30,37)(H,31,36)(H,33,34)(H,38,39). The number of aromatic amines is 1. The number of para-hydroxylation sites is 1. The Kier molecular flexibility index (Phi) is 12.4. The highest BCUT2D eigenvalue weighted by molar-refractivity contribution is 7.98. The first-order valence-corrected chi connectivity index (χ1v) is 13.8. The van der Waals surface area contributed by atoms with Gasteiger partial charge in [-0.05, 0) is 36.5 Å². The number of aromatic nitrogens is 1. The molecule has 1 heterocycles. The van der Waals surface area contributed by atoms with Gasteiger partial charge < -0.3 is 42.6 Å². The second-order valence-electron chi connectivity index (χ2n) is 9.08. The number of primary amides is 1. The number of carbonyl (C=O) groups excluding carboxylic acids is 4. The van der Waals surface area contributed by atoms with Crippen LogP contribution in [0.3, 0.4) is 0 Å². The molecule has 15 heteroatoms. The number of carboxylic acids is 2. The Morgan fingerprint density at radius 1 is 0.925 bits per heavy atom. The zero-order valence-corrected chi connectivity index (χ0v) is 22.7. The fourth-order valence-corrected chi connectivity index (χ4v) is 4.35. The number of benzene rings is 1. The second kappa shape index (κ2) is 15.5. The predicted molar refractivity (Wildman–Crippen MR) is 147 cm³/mol. The molecule has 0 aliphatic rings. The maximum atomic E-state index is 13.3. The molecule has 0 fully saturated rings. The van der Waals surface area contributed by atoms with Gasteiger partial charge in [0.15, 0.2) is 0 Å². The number of H-pyrrole nitrogens is 1. The van der Waals surface area contributed by atoms with Gasteiger partial charge in [0.25, 0.3) is 0 Å². The largest absolute Gasteiger partial charge is 0.481 e. The van der Waals surface area contributed by atoms with Gasteiger partial charge in [0.2, 0.25) is 23.6 Å². The summed E-state index contributed by atoms with van der Waals surface area (Å²) in [5.41, 5.74) is 12.2. The lowest BCUT2D eigenvalue weighted by Crippen LogP contribution is -2.57. The van der Waals surface area contributed by atoms with E-state index in [0.717, 1.165) is 10.9 Å². The van der Waals surface area contributed by atoms with Crippen molar-refractivity contribution in [3.8, 4) is 0 Å². The molecule has 0 radical (unpaired) electrons. The number of nitrogens with two attached hydrogens (primary N) is 2. The van der Waals surface area contributed by atoms with E-state index in [1.54, 1.807) is 18.5 Å². The number of hydrogen-bond acceptors (Lipinski definition) is 8. The highest BCUT2D eigenvalue weighted by atomic mass is 32.2. The van der Waals surface area contributed by atoms with Crippen LogP contribution in [0.25, 0.3) is 10.9 Å². The summed E-state index contributed by atoms with van der Waals surface area (Å²) in [6.45, 7) is 0. The monoisotopic (exact) mass is 578 g/mol. The third-order valence-corrected chi connectivity index (χ3v) is 6.64. The van der Waals surface area contributed by atoms with Crippen LogP contribution in [0.2, 0.25) is 0 Å². The quantitative estimate of drug-likeness (QED) is 0.114. The van der Waals surface area contributed by atoms with E-state index in [9.17, 15) is 33.9 Å². The molecule has 14 nitrogen and oxygen atoms in total. The molecule has 1 aromatic carbocycles. The maximum Gasteiger partial charge on any atom is 0.326 e. The molecule has 4 atom stereocenters. The molecule has 0 saturated heterocycles. The van der Waals surface area contributed by atoms with E-state index >= 15 is 0 Å². The smallest absolute Gasteiger partial charge is 0.326 e. The molecule has 2 aromatic rings. The van der Waals surface area contributed by atoms with Crippen molar-refractivity contribution in [2.45, 2.75) is 56.3 Å². The Hall–Kier alpha value is -4.11. The number of rotatable bonds is 17. The summed E-state index contributed by atoms with van der Waals surface area (Å²) in [5, 5.41) is 26.6. The SMILES string of the molecule is CSCCC(NC(=O)C(Cc1c[nH]c2ccccc12)NC(=O)C(CCC(N)=O)NC(=O)C(N)CC(=O)O)C(=O)O.